The molecular weight excluding hydrogens is 459 g/mol. The number of halogens is 3. The Hall–Kier alpha value is -3.23. The van der Waals surface area contributed by atoms with Crippen LogP contribution in [-0.4, -0.2) is 47.1 Å². The number of alkyl halides is 3. The van der Waals surface area contributed by atoms with Crippen molar-refractivity contribution in [3.8, 4) is 11.4 Å². The molecule has 0 saturated carbocycles. The van der Waals surface area contributed by atoms with Crippen molar-refractivity contribution in [2.24, 2.45) is 0 Å². The largest absolute Gasteiger partial charge is 0.497 e. The van der Waals surface area contributed by atoms with E-state index >= 15 is 0 Å². The lowest BCUT2D eigenvalue weighted by Gasteiger charge is -2.24. The molecule has 190 valence electrons. The molecular formula is C26H32F3N3O3. The maximum Gasteiger partial charge on any atom is 0.435 e. The minimum absolute atomic E-state index is 0.242. The van der Waals surface area contributed by atoms with Gasteiger partial charge < -0.3 is 14.4 Å². The molecule has 35 heavy (non-hydrogen) atoms. The summed E-state index contributed by atoms with van der Waals surface area (Å²) in [4.78, 5) is 13.6. The predicted molar refractivity (Wildman–Crippen MR) is 128 cm³/mol. The molecule has 1 heterocycles. The topological polar surface area (TPSA) is 56.6 Å². The lowest BCUT2D eigenvalue weighted by atomic mass is 9.92. The van der Waals surface area contributed by atoms with Crippen LogP contribution in [-0.2, 0) is 10.9 Å². The smallest absolute Gasteiger partial charge is 0.435 e. The van der Waals surface area contributed by atoms with Crippen LogP contribution in [0.25, 0.3) is 5.69 Å². The fraction of sp³-hybridized carbons (Fsp3) is 0.462. The fourth-order valence-electron chi connectivity index (χ4n) is 3.75. The van der Waals surface area contributed by atoms with Crippen LogP contribution in [0.2, 0.25) is 0 Å². The summed E-state index contributed by atoms with van der Waals surface area (Å²) in [6, 6.07) is 7.87. The van der Waals surface area contributed by atoms with E-state index in [4.69, 9.17) is 9.47 Å². The van der Waals surface area contributed by atoms with Gasteiger partial charge in [-0.25, -0.2) is 9.48 Å². The number of benzene rings is 1. The third-order valence-corrected chi connectivity index (χ3v) is 5.56. The fourth-order valence-corrected chi connectivity index (χ4v) is 3.75. The maximum absolute atomic E-state index is 13.4. The van der Waals surface area contributed by atoms with Crippen LogP contribution >= 0.6 is 0 Å². The van der Waals surface area contributed by atoms with Gasteiger partial charge in [-0.1, -0.05) is 23.8 Å². The van der Waals surface area contributed by atoms with Gasteiger partial charge in [-0.15, -0.1) is 0 Å². The van der Waals surface area contributed by atoms with Gasteiger partial charge in [-0.05, 0) is 70.4 Å². The standard InChI is InChI=1S/C26H32F3N3O3/c1-25(2,3)35-24(33)31(4)16-6-7-18-8-10-19(11-9-18)22-17-23(26(27,28)29)30-32(22)20-12-14-21(34-5)15-13-20/h8-10,12-15,17,19H,6-7,11,16H2,1-5H3. The number of rotatable bonds is 7. The predicted octanol–water partition coefficient (Wildman–Crippen LogP) is 6.52. The molecule has 0 spiro atoms. The zero-order valence-corrected chi connectivity index (χ0v) is 20.7. The van der Waals surface area contributed by atoms with Crippen molar-refractivity contribution in [3.63, 3.8) is 0 Å². The zero-order valence-electron chi connectivity index (χ0n) is 20.7. The third-order valence-electron chi connectivity index (χ3n) is 5.56. The highest BCUT2D eigenvalue weighted by Crippen LogP contribution is 2.35. The second-order valence-electron chi connectivity index (χ2n) is 9.55. The molecule has 1 atom stereocenters. The van der Waals surface area contributed by atoms with Gasteiger partial charge in [-0.3, -0.25) is 0 Å². The van der Waals surface area contributed by atoms with Crippen molar-refractivity contribution >= 4 is 6.09 Å². The number of aromatic nitrogens is 2. The number of nitrogens with zero attached hydrogens (tertiary/aromatic N) is 3. The molecule has 1 aromatic carbocycles. The highest BCUT2D eigenvalue weighted by atomic mass is 19.4. The van der Waals surface area contributed by atoms with Crippen LogP contribution < -0.4 is 4.74 Å². The van der Waals surface area contributed by atoms with Crippen LogP contribution in [0.1, 0.15) is 57.3 Å². The number of carbonyl (C=O) groups excluding carboxylic acids is 1. The molecule has 3 rings (SSSR count). The number of carbonyl (C=O) groups is 1. The number of methoxy groups -OCH3 is 1. The molecule has 1 amide bonds. The first-order valence-corrected chi connectivity index (χ1v) is 11.5. The number of hydrogen-bond donors (Lipinski definition) is 0. The second kappa shape index (κ2) is 10.6. The van der Waals surface area contributed by atoms with Crippen molar-refractivity contribution < 1.29 is 27.4 Å². The molecule has 0 bridgehead atoms. The van der Waals surface area contributed by atoms with Crippen molar-refractivity contribution in [3.05, 3.63) is 65.5 Å². The van der Waals surface area contributed by atoms with E-state index in [0.717, 1.165) is 24.5 Å². The molecule has 9 heteroatoms. The van der Waals surface area contributed by atoms with Crippen LogP contribution in [0.15, 0.2) is 54.1 Å². The van der Waals surface area contributed by atoms with Gasteiger partial charge in [0.05, 0.1) is 18.5 Å². The summed E-state index contributed by atoms with van der Waals surface area (Å²) in [5.74, 6) is 0.370. The number of amides is 1. The highest BCUT2D eigenvalue weighted by Gasteiger charge is 2.36. The molecule has 6 nitrogen and oxygen atoms in total. The van der Waals surface area contributed by atoms with Crippen LogP contribution in [0.5, 0.6) is 5.75 Å². The first kappa shape index (κ1) is 26.4. The lowest BCUT2D eigenvalue weighted by molar-refractivity contribution is -0.141. The Kier molecular flexibility index (Phi) is 7.97. The normalized spacial score (nSPS) is 16.1. The van der Waals surface area contributed by atoms with E-state index < -0.39 is 17.5 Å². The van der Waals surface area contributed by atoms with Crippen LogP contribution in [0.3, 0.4) is 0 Å². The summed E-state index contributed by atoms with van der Waals surface area (Å²) in [7, 11) is 3.23. The van der Waals surface area contributed by atoms with Gasteiger partial charge in [0.1, 0.15) is 11.4 Å². The molecule has 1 aliphatic carbocycles. The highest BCUT2D eigenvalue weighted by molar-refractivity contribution is 5.67. The maximum atomic E-state index is 13.4. The van der Waals surface area contributed by atoms with Crippen molar-refractivity contribution in [1.82, 2.24) is 14.7 Å². The van der Waals surface area contributed by atoms with E-state index in [-0.39, 0.29) is 12.0 Å². The first-order valence-electron chi connectivity index (χ1n) is 11.5. The Morgan fingerprint density at radius 2 is 1.89 bits per heavy atom. The van der Waals surface area contributed by atoms with Crippen LogP contribution in [0.4, 0.5) is 18.0 Å². The van der Waals surface area contributed by atoms with E-state index in [0.29, 0.717) is 30.1 Å². The lowest BCUT2D eigenvalue weighted by Crippen LogP contribution is -2.34. The summed E-state index contributed by atoms with van der Waals surface area (Å²) < 4.78 is 52.2. The molecule has 0 fully saturated rings. The van der Waals surface area contributed by atoms with Crippen molar-refractivity contribution in [2.45, 2.75) is 57.7 Å². The quantitative estimate of drug-likeness (QED) is 0.443. The average molecular weight is 492 g/mol. The summed E-state index contributed by atoms with van der Waals surface area (Å²) in [5, 5.41) is 3.86. The van der Waals surface area contributed by atoms with E-state index in [1.54, 1.807) is 36.2 Å². The van der Waals surface area contributed by atoms with E-state index in [1.165, 1.54) is 11.8 Å². The summed E-state index contributed by atoms with van der Waals surface area (Å²) in [6.07, 6.45) is 3.07. The zero-order chi connectivity index (χ0) is 25.8. The Labute approximate surface area is 204 Å². The molecule has 1 unspecified atom stereocenters. The molecule has 2 aromatic rings. The Balaban J connectivity index is 1.67. The Morgan fingerprint density at radius 1 is 1.20 bits per heavy atom. The molecule has 0 saturated heterocycles. The van der Waals surface area contributed by atoms with Gasteiger partial charge in [-0.2, -0.15) is 18.3 Å². The van der Waals surface area contributed by atoms with E-state index in [9.17, 15) is 18.0 Å². The third kappa shape index (κ3) is 7.13. The minimum atomic E-state index is -4.54. The molecule has 1 aliphatic rings. The van der Waals surface area contributed by atoms with Gasteiger partial charge in [0, 0.05) is 19.5 Å². The molecule has 1 aromatic heterocycles. The van der Waals surface area contributed by atoms with E-state index in [1.807, 2.05) is 39.0 Å². The SMILES string of the molecule is COc1ccc(-n2nc(C(F)(F)F)cc2C2C=CC(CCCN(C)C(=O)OC(C)(C)C)=CC2)cc1. The molecule has 0 aliphatic heterocycles. The minimum Gasteiger partial charge on any atom is -0.497 e. The number of allylic oxidation sites excluding steroid dienone is 4. The number of ether oxygens (including phenoxy) is 2. The number of hydrogen-bond acceptors (Lipinski definition) is 4. The van der Waals surface area contributed by atoms with Gasteiger partial charge in [0.15, 0.2) is 5.69 Å². The first-order chi connectivity index (χ1) is 16.4. The Bertz CT molecular complexity index is 1080. The summed E-state index contributed by atoms with van der Waals surface area (Å²) in [6.45, 7) is 6.02. The van der Waals surface area contributed by atoms with Gasteiger partial charge in [0.25, 0.3) is 0 Å². The molecule has 0 radical (unpaired) electrons. The molecule has 0 N–H and O–H groups in total. The average Bonchev–Trinajstić information content (AvgIpc) is 3.24. The van der Waals surface area contributed by atoms with Crippen molar-refractivity contribution in [1.29, 1.82) is 0 Å². The van der Waals surface area contributed by atoms with Crippen LogP contribution in [0, 0.1) is 0 Å². The summed E-state index contributed by atoms with van der Waals surface area (Å²) >= 11 is 0. The van der Waals surface area contributed by atoms with Gasteiger partial charge >= 0.3 is 12.3 Å². The summed E-state index contributed by atoms with van der Waals surface area (Å²) in [5.41, 5.74) is 0.629. The van der Waals surface area contributed by atoms with Crippen molar-refractivity contribution in [2.75, 3.05) is 20.7 Å². The second-order valence-corrected chi connectivity index (χ2v) is 9.55. The monoisotopic (exact) mass is 491 g/mol. The van der Waals surface area contributed by atoms with Gasteiger partial charge in [0.2, 0.25) is 0 Å². The van der Waals surface area contributed by atoms with E-state index in [2.05, 4.69) is 5.10 Å². The Morgan fingerprint density at radius 3 is 2.43 bits per heavy atom.